The molecule has 0 radical (unpaired) electrons. The molecule has 74 valence electrons. The molecular formula is C10H7N3OS. The van der Waals surface area contributed by atoms with E-state index in [1.54, 1.807) is 19.1 Å². The quantitative estimate of drug-likeness (QED) is 0.790. The lowest BCUT2D eigenvalue weighted by Crippen LogP contribution is -2.07. The van der Waals surface area contributed by atoms with E-state index in [1.807, 2.05) is 0 Å². The van der Waals surface area contributed by atoms with Crippen molar-refractivity contribution in [2.24, 2.45) is 0 Å². The number of aryl methyl sites for hydroxylation is 1. The van der Waals surface area contributed by atoms with E-state index in [4.69, 9.17) is 5.26 Å². The molecule has 2 aromatic rings. The number of H-pyrrole nitrogens is 1. The van der Waals surface area contributed by atoms with Gasteiger partial charge in [0.05, 0.1) is 10.6 Å². The van der Waals surface area contributed by atoms with Crippen LogP contribution in [0, 0.1) is 18.3 Å². The Hall–Kier alpha value is -1.93. The van der Waals surface area contributed by atoms with Crippen LogP contribution in [0.5, 0.6) is 0 Å². The van der Waals surface area contributed by atoms with E-state index < -0.39 is 0 Å². The van der Waals surface area contributed by atoms with Gasteiger partial charge in [0.15, 0.2) is 0 Å². The van der Waals surface area contributed by atoms with Crippen LogP contribution in [0.4, 0.5) is 0 Å². The number of hydrogen-bond acceptors (Lipinski definition) is 4. The van der Waals surface area contributed by atoms with Crippen LogP contribution in [0.25, 0.3) is 10.6 Å². The van der Waals surface area contributed by atoms with Crippen LogP contribution in [0.2, 0.25) is 0 Å². The Balaban J connectivity index is 2.54. The van der Waals surface area contributed by atoms with E-state index in [9.17, 15) is 4.79 Å². The molecule has 0 saturated heterocycles. The average Bonchev–Trinajstić information content (AvgIpc) is 2.64. The fourth-order valence-corrected chi connectivity index (χ4v) is 2.01. The molecule has 4 nitrogen and oxygen atoms in total. The zero-order valence-corrected chi connectivity index (χ0v) is 8.76. The zero-order chi connectivity index (χ0) is 10.8. The monoisotopic (exact) mass is 217 g/mol. The second-order valence-corrected chi connectivity index (χ2v) is 4.08. The molecule has 0 aliphatic carbocycles. The van der Waals surface area contributed by atoms with Gasteiger partial charge >= 0.3 is 0 Å². The summed E-state index contributed by atoms with van der Waals surface area (Å²) in [5, 5.41) is 8.68. The average molecular weight is 217 g/mol. The third-order valence-corrected chi connectivity index (χ3v) is 2.84. The third kappa shape index (κ3) is 1.95. The predicted octanol–water partition coefficient (Wildman–Crippen LogP) is 1.68. The van der Waals surface area contributed by atoms with Crippen molar-refractivity contribution in [3.05, 3.63) is 39.3 Å². The molecule has 5 heteroatoms. The summed E-state index contributed by atoms with van der Waals surface area (Å²) in [6.07, 6.45) is 0. The summed E-state index contributed by atoms with van der Waals surface area (Å²) in [4.78, 5) is 19.4. The largest absolute Gasteiger partial charge is 0.311 e. The Labute approximate surface area is 89.9 Å². The maximum Gasteiger partial charge on any atom is 0.251 e. The van der Waals surface area contributed by atoms with E-state index >= 15 is 0 Å². The molecule has 0 atom stereocenters. The Bertz CT molecular complexity index is 591. The molecular weight excluding hydrogens is 210 g/mol. The van der Waals surface area contributed by atoms with Gasteiger partial charge in [0, 0.05) is 6.07 Å². The van der Waals surface area contributed by atoms with Gasteiger partial charge in [-0.1, -0.05) is 0 Å². The molecule has 0 amide bonds. The number of thiophene rings is 1. The normalized spacial score (nSPS) is 9.87. The Morgan fingerprint density at radius 1 is 1.53 bits per heavy atom. The van der Waals surface area contributed by atoms with E-state index in [0.29, 0.717) is 16.4 Å². The van der Waals surface area contributed by atoms with Crippen molar-refractivity contribution >= 4 is 11.3 Å². The standard InChI is InChI=1S/C10H7N3OS/c1-6-12-8(4-10(14)13-6)9-3-2-7(5-11)15-9/h2-4H,1H3,(H,12,13,14). The Morgan fingerprint density at radius 2 is 2.33 bits per heavy atom. The number of aromatic amines is 1. The van der Waals surface area contributed by atoms with Crippen molar-refractivity contribution in [1.29, 1.82) is 5.26 Å². The molecule has 2 aromatic heterocycles. The Morgan fingerprint density at radius 3 is 2.93 bits per heavy atom. The Kier molecular flexibility index (Phi) is 2.35. The highest BCUT2D eigenvalue weighted by Gasteiger charge is 2.05. The lowest BCUT2D eigenvalue weighted by molar-refractivity contribution is 1.03. The predicted molar refractivity (Wildman–Crippen MR) is 57.6 cm³/mol. The molecule has 0 bridgehead atoms. The first-order chi connectivity index (χ1) is 7.19. The first-order valence-corrected chi connectivity index (χ1v) is 5.09. The molecule has 0 spiro atoms. The van der Waals surface area contributed by atoms with Crippen molar-refractivity contribution in [3.8, 4) is 16.6 Å². The van der Waals surface area contributed by atoms with Crippen LogP contribution in [0.1, 0.15) is 10.7 Å². The highest BCUT2D eigenvalue weighted by atomic mass is 32.1. The van der Waals surface area contributed by atoms with Crippen LogP contribution < -0.4 is 5.56 Å². The molecule has 0 aliphatic rings. The molecule has 0 aliphatic heterocycles. The topological polar surface area (TPSA) is 69.5 Å². The van der Waals surface area contributed by atoms with Gasteiger partial charge in [0.25, 0.3) is 5.56 Å². The molecule has 0 fully saturated rings. The second-order valence-electron chi connectivity index (χ2n) is 2.99. The zero-order valence-electron chi connectivity index (χ0n) is 7.94. The van der Waals surface area contributed by atoms with Gasteiger partial charge in [-0.15, -0.1) is 11.3 Å². The van der Waals surface area contributed by atoms with E-state index in [2.05, 4.69) is 16.0 Å². The van der Waals surface area contributed by atoms with E-state index in [1.165, 1.54) is 17.4 Å². The number of aromatic nitrogens is 2. The fourth-order valence-electron chi connectivity index (χ4n) is 1.24. The van der Waals surface area contributed by atoms with E-state index in [0.717, 1.165) is 4.88 Å². The van der Waals surface area contributed by atoms with Gasteiger partial charge < -0.3 is 4.98 Å². The molecule has 15 heavy (non-hydrogen) atoms. The number of hydrogen-bond donors (Lipinski definition) is 1. The summed E-state index contributed by atoms with van der Waals surface area (Å²) in [5.74, 6) is 0.574. The highest BCUT2D eigenvalue weighted by molar-refractivity contribution is 7.15. The molecule has 1 N–H and O–H groups in total. The lowest BCUT2D eigenvalue weighted by Gasteiger charge is -1.96. The van der Waals surface area contributed by atoms with Crippen molar-refractivity contribution in [3.63, 3.8) is 0 Å². The molecule has 0 saturated carbocycles. The van der Waals surface area contributed by atoms with Crippen LogP contribution in [0.15, 0.2) is 23.0 Å². The van der Waals surface area contributed by atoms with Gasteiger partial charge in [-0.25, -0.2) is 4.98 Å². The van der Waals surface area contributed by atoms with Gasteiger partial charge in [-0.05, 0) is 19.1 Å². The summed E-state index contributed by atoms with van der Waals surface area (Å²) in [7, 11) is 0. The summed E-state index contributed by atoms with van der Waals surface area (Å²) < 4.78 is 0. The summed E-state index contributed by atoms with van der Waals surface area (Å²) in [5.41, 5.74) is 0.437. The van der Waals surface area contributed by atoms with Gasteiger partial charge in [-0.3, -0.25) is 4.79 Å². The second kappa shape index (κ2) is 3.67. The van der Waals surface area contributed by atoms with Crippen LogP contribution >= 0.6 is 11.3 Å². The van der Waals surface area contributed by atoms with Gasteiger partial charge in [0.2, 0.25) is 0 Å². The minimum absolute atomic E-state index is 0.176. The fraction of sp³-hybridized carbons (Fsp3) is 0.100. The summed E-state index contributed by atoms with van der Waals surface area (Å²) in [6, 6.07) is 7.00. The molecule has 0 unspecified atom stereocenters. The highest BCUT2D eigenvalue weighted by Crippen LogP contribution is 2.24. The van der Waals surface area contributed by atoms with Crippen molar-refractivity contribution < 1.29 is 0 Å². The lowest BCUT2D eigenvalue weighted by atomic mass is 10.3. The number of nitrogens with one attached hydrogen (secondary N) is 1. The van der Waals surface area contributed by atoms with Crippen LogP contribution in [0.3, 0.4) is 0 Å². The van der Waals surface area contributed by atoms with E-state index in [-0.39, 0.29) is 5.56 Å². The maximum absolute atomic E-state index is 11.2. The first-order valence-electron chi connectivity index (χ1n) is 4.27. The molecule has 0 aromatic carbocycles. The van der Waals surface area contributed by atoms with Crippen LogP contribution in [-0.4, -0.2) is 9.97 Å². The van der Waals surface area contributed by atoms with Crippen molar-refractivity contribution in [2.45, 2.75) is 6.92 Å². The summed E-state index contributed by atoms with van der Waals surface area (Å²) in [6.45, 7) is 1.73. The SMILES string of the molecule is Cc1nc(-c2ccc(C#N)s2)cc(=O)[nH]1. The minimum atomic E-state index is -0.176. The van der Waals surface area contributed by atoms with Gasteiger partial charge in [0.1, 0.15) is 16.8 Å². The van der Waals surface area contributed by atoms with Crippen LogP contribution in [-0.2, 0) is 0 Å². The van der Waals surface area contributed by atoms with Crippen molar-refractivity contribution in [1.82, 2.24) is 9.97 Å². The van der Waals surface area contributed by atoms with Gasteiger partial charge in [-0.2, -0.15) is 5.26 Å². The first kappa shape index (κ1) is 9.62. The molecule has 2 heterocycles. The maximum atomic E-state index is 11.2. The smallest absolute Gasteiger partial charge is 0.251 e. The van der Waals surface area contributed by atoms with Crippen molar-refractivity contribution in [2.75, 3.05) is 0 Å². The number of rotatable bonds is 1. The number of nitrogens with zero attached hydrogens (tertiary/aromatic N) is 2. The molecule has 2 rings (SSSR count). The number of nitriles is 1. The minimum Gasteiger partial charge on any atom is -0.311 e. The summed E-state index contributed by atoms with van der Waals surface area (Å²) >= 11 is 1.33. The third-order valence-electron chi connectivity index (χ3n) is 1.83.